The Hall–Kier alpha value is -1.54. The van der Waals surface area contributed by atoms with Gasteiger partial charge in [0.25, 0.3) is 5.56 Å². The molecule has 3 N–H and O–H groups in total. The van der Waals surface area contributed by atoms with Gasteiger partial charge in [0.05, 0.1) is 11.1 Å². The number of hydrogen-bond donors (Lipinski definition) is 2. The minimum atomic E-state index is -0.979. The zero-order chi connectivity index (χ0) is 13.4. The van der Waals surface area contributed by atoms with E-state index in [9.17, 15) is 9.59 Å². The summed E-state index contributed by atoms with van der Waals surface area (Å²) in [5.74, 6) is 4.48. The number of carboxylic acids is 1. The molecule has 0 spiro atoms. The van der Waals surface area contributed by atoms with Crippen LogP contribution in [0, 0.1) is 13.8 Å². The number of aliphatic carboxylic acids is 1. The molecule has 6 nitrogen and oxygen atoms in total. The van der Waals surface area contributed by atoms with Gasteiger partial charge in [-0.1, -0.05) is 11.8 Å². The molecular formula is C10H11N3O3S2. The molecule has 0 aliphatic carbocycles. The normalized spacial score (nSPS) is 11.0. The summed E-state index contributed by atoms with van der Waals surface area (Å²) in [6.45, 7) is 3.76. The SMILES string of the molecule is Cc1sc2nc(SCC(=O)O)n(N)c(=O)c2c1C. The standard InChI is InChI=1S/C10H11N3O3S2/c1-4-5(2)18-8-7(4)9(16)13(11)10(12-8)17-3-6(14)15/h3,11H2,1-2H3,(H,14,15). The molecular weight excluding hydrogens is 274 g/mol. The van der Waals surface area contributed by atoms with Crippen LogP contribution in [0.2, 0.25) is 0 Å². The number of rotatable bonds is 3. The van der Waals surface area contributed by atoms with Crippen LogP contribution in [0.25, 0.3) is 10.2 Å². The van der Waals surface area contributed by atoms with Gasteiger partial charge in [-0.25, -0.2) is 9.66 Å². The van der Waals surface area contributed by atoms with Gasteiger partial charge in [0.2, 0.25) is 0 Å². The van der Waals surface area contributed by atoms with E-state index in [2.05, 4.69) is 4.98 Å². The third-order valence-electron chi connectivity index (χ3n) is 2.53. The summed E-state index contributed by atoms with van der Waals surface area (Å²) in [5.41, 5.74) is 0.538. The number of thioether (sulfide) groups is 1. The minimum Gasteiger partial charge on any atom is -0.481 e. The molecule has 0 aliphatic heterocycles. The van der Waals surface area contributed by atoms with Crippen molar-refractivity contribution in [3.05, 3.63) is 20.8 Å². The van der Waals surface area contributed by atoms with Crippen LogP contribution < -0.4 is 11.4 Å². The number of nitrogens with zero attached hydrogens (tertiary/aromatic N) is 2. The second kappa shape index (κ2) is 4.62. The largest absolute Gasteiger partial charge is 0.481 e. The average Bonchev–Trinajstić information content (AvgIpc) is 2.58. The Kier molecular flexibility index (Phi) is 3.31. The number of carboxylic acid groups (broad SMARTS) is 1. The van der Waals surface area contributed by atoms with Crippen LogP contribution in [0.3, 0.4) is 0 Å². The lowest BCUT2D eigenvalue weighted by atomic mass is 10.2. The Morgan fingerprint density at radius 2 is 2.22 bits per heavy atom. The van der Waals surface area contributed by atoms with Crippen LogP contribution in [0.5, 0.6) is 0 Å². The van der Waals surface area contributed by atoms with Gasteiger partial charge in [-0.05, 0) is 19.4 Å². The molecule has 2 aromatic rings. The predicted octanol–water partition coefficient (Wildman–Crippen LogP) is 0.965. The van der Waals surface area contributed by atoms with Gasteiger partial charge in [-0.15, -0.1) is 11.3 Å². The predicted molar refractivity (Wildman–Crippen MR) is 71.9 cm³/mol. The van der Waals surface area contributed by atoms with Crippen molar-refractivity contribution in [3.63, 3.8) is 0 Å². The van der Waals surface area contributed by atoms with Gasteiger partial charge in [0.1, 0.15) is 4.83 Å². The fourth-order valence-corrected chi connectivity index (χ4v) is 3.22. The number of aryl methyl sites for hydroxylation is 2. The molecule has 0 saturated heterocycles. The maximum absolute atomic E-state index is 12.1. The lowest BCUT2D eigenvalue weighted by Crippen LogP contribution is -2.30. The van der Waals surface area contributed by atoms with Crippen LogP contribution in [0.4, 0.5) is 0 Å². The van der Waals surface area contributed by atoms with Crippen molar-refractivity contribution >= 4 is 39.3 Å². The summed E-state index contributed by atoms with van der Waals surface area (Å²) < 4.78 is 0.912. The van der Waals surface area contributed by atoms with Crippen molar-refractivity contribution in [3.8, 4) is 0 Å². The van der Waals surface area contributed by atoms with Crippen molar-refractivity contribution in [1.29, 1.82) is 0 Å². The first kappa shape index (κ1) is 12.9. The Balaban J connectivity index is 2.61. The molecule has 2 rings (SSSR count). The van der Waals surface area contributed by atoms with Gasteiger partial charge in [0, 0.05) is 4.88 Å². The first-order chi connectivity index (χ1) is 8.41. The van der Waals surface area contributed by atoms with Crippen molar-refractivity contribution in [2.75, 3.05) is 11.6 Å². The second-order valence-corrected chi connectivity index (χ2v) is 5.86. The molecule has 0 amide bonds. The molecule has 0 radical (unpaired) electrons. The first-order valence-corrected chi connectivity index (χ1v) is 6.84. The summed E-state index contributed by atoms with van der Waals surface area (Å²) in [6, 6.07) is 0. The van der Waals surface area contributed by atoms with Crippen molar-refractivity contribution in [2.24, 2.45) is 0 Å². The molecule has 0 atom stereocenters. The van der Waals surface area contributed by atoms with Gasteiger partial charge >= 0.3 is 5.97 Å². The highest BCUT2D eigenvalue weighted by atomic mass is 32.2. The highest BCUT2D eigenvalue weighted by molar-refractivity contribution is 7.99. The molecule has 18 heavy (non-hydrogen) atoms. The smallest absolute Gasteiger partial charge is 0.313 e. The number of carbonyl (C=O) groups is 1. The molecule has 0 fully saturated rings. The van der Waals surface area contributed by atoms with E-state index in [1.165, 1.54) is 11.3 Å². The molecule has 0 aromatic carbocycles. The van der Waals surface area contributed by atoms with Gasteiger partial charge in [-0.3, -0.25) is 9.59 Å². The Labute approximate surface area is 110 Å². The number of aromatic nitrogens is 2. The molecule has 96 valence electrons. The Bertz CT molecular complexity index is 690. The number of thiophene rings is 1. The quantitative estimate of drug-likeness (QED) is 0.495. The van der Waals surface area contributed by atoms with Crippen molar-refractivity contribution in [2.45, 2.75) is 19.0 Å². The zero-order valence-electron chi connectivity index (χ0n) is 9.76. The third-order valence-corrected chi connectivity index (χ3v) is 4.57. The summed E-state index contributed by atoms with van der Waals surface area (Å²) in [7, 11) is 0. The van der Waals surface area contributed by atoms with E-state index in [0.29, 0.717) is 10.2 Å². The number of nitrogens with two attached hydrogens (primary N) is 1. The van der Waals surface area contributed by atoms with E-state index >= 15 is 0 Å². The topological polar surface area (TPSA) is 98.2 Å². The lowest BCUT2D eigenvalue weighted by Gasteiger charge is -2.05. The Morgan fingerprint density at radius 1 is 1.56 bits per heavy atom. The summed E-state index contributed by atoms with van der Waals surface area (Å²) >= 11 is 2.34. The second-order valence-electron chi connectivity index (χ2n) is 3.72. The Morgan fingerprint density at radius 3 is 2.83 bits per heavy atom. The number of fused-ring (bicyclic) bond motifs is 1. The van der Waals surface area contributed by atoms with E-state index in [4.69, 9.17) is 10.9 Å². The molecule has 2 heterocycles. The van der Waals surface area contributed by atoms with Gasteiger partial charge in [0.15, 0.2) is 5.16 Å². The highest BCUT2D eigenvalue weighted by Gasteiger charge is 2.15. The van der Waals surface area contributed by atoms with Gasteiger partial charge in [-0.2, -0.15) is 0 Å². The summed E-state index contributed by atoms with van der Waals surface area (Å²) in [4.78, 5) is 28.4. The number of nitrogen functional groups attached to an aromatic ring is 1. The maximum Gasteiger partial charge on any atom is 0.313 e. The molecule has 0 saturated carbocycles. The molecule has 2 aromatic heterocycles. The molecule has 0 aliphatic rings. The van der Waals surface area contributed by atoms with E-state index in [1.807, 2.05) is 13.8 Å². The lowest BCUT2D eigenvalue weighted by molar-refractivity contribution is -0.133. The van der Waals surface area contributed by atoms with Crippen LogP contribution >= 0.6 is 23.1 Å². The molecule has 0 bridgehead atoms. The van der Waals surface area contributed by atoms with Crippen LogP contribution in [0.15, 0.2) is 9.95 Å². The number of hydrogen-bond acceptors (Lipinski definition) is 6. The van der Waals surface area contributed by atoms with Crippen molar-refractivity contribution < 1.29 is 9.90 Å². The van der Waals surface area contributed by atoms with Crippen LogP contribution in [0.1, 0.15) is 10.4 Å². The van der Waals surface area contributed by atoms with Crippen molar-refractivity contribution in [1.82, 2.24) is 9.66 Å². The van der Waals surface area contributed by atoms with Gasteiger partial charge < -0.3 is 10.9 Å². The highest BCUT2D eigenvalue weighted by Crippen LogP contribution is 2.27. The van der Waals surface area contributed by atoms with E-state index in [1.54, 1.807) is 0 Å². The summed E-state index contributed by atoms with van der Waals surface area (Å²) in [5, 5.41) is 9.35. The molecule has 8 heteroatoms. The van der Waals surface area contributed by atoms with Crippen LogP contribution in [-0.2, 0) is 4.79 Å². The summed E-state index contributed by atoms with van der Waals surface area (Å²) in [6.07, 6.45) is 0. The average molecular weight is 285 g/mol. The monoisotopic (exact) mass is 285 g/mol. The third kappa shape index (κ3) is 2.08. The fraction of sp³-hybridized carbons (Fsp3) is 0.300. The maximum atomic E-state index is 12.1. The van der Waals surface area contributed by atoms with Crippen LogP contribution in [-0.4, -0.2) is 26.5 Å². The van der Waals surface area contributed by atoms with E-state index in [-0.39, 0.29) is 16.5 Å². The van der Waals surface area contributed by atoms with E-state index in [0.717, 1.165) is 26.9 Å². The molecule has 0 unspecified atom stereocenters. The first-order valence-electron chi connectivity index (χ1n) is 5.04. The fourth-order valence-electron chi connectivity index (χ4n) is 1.52. The van der Waals surface area contributed by atoms with E-state index < -0.39 is 5.97 Å². The zero-order valence-corrected chi connectivity index (χ0v) is 11.4. The minimum absolute atomic E-state index is 0.182.